The van der Waals surface area contributed by atoms with Crippen molar-refractivity contribution in [1.82, 2.24) is 0 Å². The van der Waals surface area contributed by atoms with E-state index in [4.69, 9.17) is 0 Å². The van der Waals surface area contributed by atoms with Crippen LogP contribution in [0.15, 0.2) is 0 Å². The van der Waals surface area contributed by atoms with Crippen LogP contribution >= 0.6 is 0 Å². The van der Waals surface area contributed by atoms with Gasteiger partial charge in [0.05, 0.1) is 0 Å². The molecule has 8 heavy (non-hydrogen) atoms. The summed E-state index contributed by atoms with van der Waals surface area (Å²) >= 11 is 0. The van der Waals surface area contributed by atoms with Gasteiger partial charge in [0.25, 0.3) is 0 Å². The van der Waals surface area contributed by atoms with Crippen LogP contribution < -0.4 is 0 Å². The van der Waals surface area contributed by atoms with Gasteiger partial charge in [0.15, 0.2) is 0 Å². The maximum atomic E-state index is 11.6. The van der Waals surface area contributed by atoms with E-state index >= 15 is 0 Å². The summed E-state index contributed by atoms with van der Waals surface area (Å²) in [6, 6.07) is 0. The lowest BCUT2D eigenvalue weighted by molar-refractivity contribution is -0.352. The summed E-state index contributed by atoms with van der Waals surface area (Å²) in [6.45, 7) is -0.688. The third-order valence-corrected chi connectivity index (χ3v) is 0.647. The lowest BCUT2D eigenvalue weighted by Crippen LogP contribution is -2.15. The highest BCUT2D eigenvalue weighted by Crippen LogP contribution is 2.26. The summed E-state index contributed by atoms with van der Waals surface area (Å²) < 4.78 is 41.5. The van der Waals surface area contributed by atoms with Crippen LogP contribution in [0.25, 0.3) is 0 Å². The largest absolute Gasteiger partial charge is 0.488 e. The highest BCUT2D eigenvalue weighted by Gasteiger charge is 2.43. The molecule has 2 nitrogen and oxygen atoms in total. The van der Waals surface area contributed by atoms with Crippen molar-refractivity contribution in [3.8, 4) is 0 Å². The third-order valence-electron chi connectivity index (χ3n) is 0.647. The van der Waals surface area contributed by atoms with Crippen LogP contribution in [0.4, 0.5) is 13.2 Å². The van der Waals surface area contributed by atoms with Crippen molar-refractivity contribution in [2.45, 2.75) is 12.7 Å². The first kappa shape index (κ1) is 5.84. The Balaban J connectivity index is 2.44. The molecule has 0 aromatic rings. The van der Waals surface area contributed by atoms with E-state index in [1.165, 1.54) is 0 Å². The van der Waals surface area contributed by atoms with E-state index in [0.29, 0.717) is 0 Å². The van der Waals surface area contributed by atoms with E-state index in [2.05, 4.69) is 9.47 Å². The molecule has 48 valence electrons. The predicted molar refractivity (Wildman–Crippen MR) is 16.9 cm³/mol. The van der Waals surface area contributed by atoms with Crippen molar-refractivity contribution in [2.24, 2.45) is 0 Å². The van der Waals surface area contributed by atoms with Crippen molar-refractivity contribution in [3.63, 3.8) is 0 Å². The van der Waals surface area contributed by atoms with E-state index in [1.807, 2.05) is 0 Å². The van der Waals surface area contributed by atoms with Crippen molar-refractivity contribution >= 4 is 0 Å². The van der Waals surface area contributed by atoms with E-state index in [9.17, 15) is 13.2 Å². The Hall–Kier alpha value is -0.290. The van der Waals surface area contributed by atoms with Gasteiger partial charge in [-0.25, -0.2) is 4.39 Å². The Labute approximate surface area is 43.2 Å². The van der Waals surface area contributed by atoms with Gasteiger partial charge < -0.3 is 0 Å². The second-order valence-electron chi connectivity index (χ2n) is 1.30. The number of ether oxygens (including phenoxy) is 2. The Morgan fingerprint density at radius 1 is 1.50 bits per heavy atom. The van der Waals surface area contributed by atoms with Gasteiger partial charge in [-0.3, -0.25) is 9.47 Å². The second-order valence-corrected chi connectivity index (χ2v) is 1.30. The fraction of sp³-hybridized carbons (Fsp3) is 1.00. The first-order chi connectivity index (χ1) is 3.60. The fourth-order valence-corrected chi connectivity index (χ4v) is 0.379. The maximum Gasteiger partial charge on any atom is 0.488 e. The van der Waals surface area contributed by atoms with Gasteiger partial charge in [-0.15, -0.1) is 8.78 Å². The molecular weight excluding hydrogens is 125 g/mol. The van der Waals surface area contributed by atoms with Crippen LogP contribution in [0.3, 0.4) is 0 Å². The monoisotopic (exact) mass is 128 g/mol. The van der Waals surface area contributed by atoms with E-state index in [-0.39, 0.29) is 0 Å². The molecule has 0 aromatic heterocycles. The summed E-state index contributed by atoms with van der Waals surface area (Å²) in [5, 5.41) is 0. The van der Waals surface area contributed by atoms with Gasteiger partial charge in [-0.2, -0.15) is 0 Å². The van der Waals surface area contributed by atoms with Crippen molar-refractivity contribution in [3.05, 3.63) is 0 Å². The highest BCUT2D eigenvalue weighted by atomic mass is 19.3. The normalized spacial score (nSPS) is 35.6. The smallest absolute Gasteiger partial charge is 0.290 e. The van der Waals surface area contributed by atoms with Crippen LogP contribution in [0.2, 0.25) is 0 Å². The minimum Gasteiger partial charge on any atom is -0.290 e. The number of hydrogen-bond acceptors (Lipinski definition) is 2. The quantitative estimate of drug-likeness (QED) is 0.482. The summed E-state index contributed by atoms with van der Waals surface area (Å²) in [5.41, 5.74) is 0. The molecule has 0 aromatic carbocycles. The molecular formula is C3H3F3O2. The summed E-state index contributed by atoms with van der Waals surface area (Å²) in [7, 11) is 0. The summed E-state index contributed by atoms with van der Waals surface area (Å²) in [6.07, 6.45) is -5.69. The minimum atomic E-state index is -3.71. The van der Waals surface area contributed by atoms with E-state index in [1.54, 1.807) is 0 Å². The number of alkyl halides is 3. The molecule has 1 atom stereocenters. The van der Waals surface area contributed by atoms with Gasteiger partial charge in [-0.1, -0.05) is 0 Å². The standard InChI is InChI=1S/C3H3F3O2/c4-2-1-7-3(5,6)8-2/h2H,1H2. The van der Waals surface area contributed by atoms with Crippen LogP contribution in [0.1, 0.15) is 0 Å². The highest BCUT2D eigenvalue weighted by molar-refractivity contribution is 4.49. The third kappa shape index (κ3) is 1.10. The molecule has 0 saturated carbocycles. The number of halogens is 3. The molecule has 1 aliphatic heterocycles. The average Bonchev–Trinajstić information content (AvgIpc) is 1.82. The van der Waals surface area contributed by atoms with E-state index in [0.717, 1.165) is 0 Å². The summed E-state index contributed by atoms with van der Waals surface area (Å²) in [5.74, 6) is 0. The molecule has 0 bridgehead atoms. The van der Waals surface area contributed by atoms with Gasteiger partial charge in [-0.05, 0) is 0 Å². The fourth-order valence-electron chi connectivity index (χ4n) is 0.379. The molecule has 5 heteroatoms. The zero-order chi connectivity index (χ0) is 6.20. The van der Waals surface area contributed by atoms with Crippen molar-refractivity contribution in [2.75, 3.05) is 6.61 Å². The van der Waals surface area contributed by atoms with E-state index < -0.39 is 19.3 Å². The predicted octanol–water partition coefficient (Wildman–Crippen LogP) is 0.879. The molecule has 1 unspecified atom stereocenters. The summed E-state index contributed by atoms with van der Waals surface area (Å²) in [4.78, 5) is 0. The topological polar surface area (TPSA) is 18.5 Å². The van der Waals surface area contributed by atoms with Crippen LogP contribution in [-0.4, -0.2) is 19.3 Å². The van der Waals surface area contributed by atoms with Gasteiger partial charge in [0.1, 0.15) is 6.61 Å². The number of hydrogen-bond donors (Lipinski definition) is 0. The molecule has 1 saturated heterocycles. The van der Waals surface area contributed by atoms with Crippen LogP contribution in [0.5, 0.6) is 0 Å². The molecule has 1 fully saturated rings. The average molecular weight is 128 g/mol. The zero-order valence-electron chi connectivity index (χ0n) is 3.73. The van der Waals surface area contributed by atoms with Crippen molar-refractivity contribution < 1.29 is 22.6 Å². The Morgan fingerprint density at radius 2 is 2.12 bits per heavy atom. The molecule has 1 heterocycles. The molecule has 0 spiro atoms. The molecule has 0 aliphatic carbocycles. The van der Waals surface area contributed by atoms with Gasteiger partial charge in [0, 0.05) is 0 Å². The Morgan fingerprint density at radius 3 is 2.25 bits per heavy atom. The minimum absolute atomic E-state index is 0.688. The van der Waals surface area contributed by atoms with Crippen molar-refractivity contribution in [1.29, 1.82) is 0 Å². The zero-order valence-corrected chi connectivity index (χ0v) is 3.73. The van der Waals surface area contributed by atoms with Crippen LogP contribution in [0, 0.1) is 0 Å². The van der Waals surface area contributed by atoms with Gasteiger partial charge in [0.2, 0.25) is 6.36 Å². The Kier molecular flexibility index (Phi) is 1.16. The Bertz CT molecular complexity index is 94.5. The molecule has 1 aliphatic rings. The SMILES string of the molecule is FC1COC(F)(F)O1. The molecule has 0 amide bonds. The number of rotatable bonds is 0. The van der Waals surface area contributed by atoms with Crippen LogP contribution in [-0.2, 0) is 9.47 Å². The molecule has 0 N–H and O–H groups in total. The first-order valence-corrected chi connectivity index (χ1v) is 1.94. The molecule has 1 rings (SSSR count). The first-order valence-electron chi connectivity index (χ1n) is 1.94. The second kappa shape index (κ2) is 1.60. The molecule has 0 radical (unpaired) electrons. The lowest BCUT2D eigenvalue weighted by Gasteiger charge is -2.02. The van der Waals surface area contributed by atoms with Gasteiger partial charge >= 0.3 is 6.29 Å². The maximum absolute atomic E-state index is 11.6. The lowest BCUT2D eigenvalue weighted by atomic mass is 10.8.